The maximum atomic E-state index is 9.38. The predicted molar refractivity (Wildman–Crippen MR) is 60.8 cm³/mol. The molecule has 0 bridgehead atoms. The van der Waals surface area contributed by atoms with Crippen LogP contribution < -0.4 is 5.32 Å². The summed E-state index contributed by atoms with van der Waals surface area (Å²) in [6.07, 6.45) is 1.86. The minimum absolute atomic E-state index is 0.136. The Morgan fingerprint density at radius 2 is 2.27 bits per heavy atom. The molecular weight excluding hydrogens is 192 g/mol. The molecule has 0 aromatic carbocycles. The summed E-state index contributed by atoms with van der Waals surface area (Å²) in [5.41, 5.74) is 0. The summed E-state index contributed by atoms with van der Waals surface area (Å²) >= 11 is 0. The molecule has 3 unspecified atom stereocenters. The van der Waals surface area contributed by atoms with E-state index in [1.54, 1.807) is 0 Å². The Bertz CT molecular complexity index is 178. The van der Waals surface area contributed by atoms with Crippen LogP contribution in [-0.2, 0) is 0 Å². The van der Waals surface area contributed by atoms with Gasteiger partial charge in [-0.1, -0.05) is 0 Å². The monoisotopic (exact) mass is 216 g/mol. The van der Waals surface area contributed by atoms with Gasteiger partial charge in [-0.05, 0) is 39.3 Å². The Balaban J connectivity index is 2.35. The fourth-order valence-corrected chi connectivity index (χ4v) is 2.26. The fraction of sp³-hybridized carbons (Fsp3) is 1.00. The van der Waals surface area contributed by atoms with Crippen molar-refractivity contribution >= 4 is 0 Å². The number of aliphatic hydroxyl groups excluding tert-OH is 2. The quantitative estimate of drug-likeness (QED) is 0.588. The van der Waals surface area contributed by atoms with Crippen molar-refractivity contribution in [3.05, 3.63) is 0 Å². The van der Waals surface area contributed by atoms with Crippen LogP contribution in [0.15, 0.2) is 0 Å². The van der Waals surface area contributed by atoms with Gasteiger partial charge in [0.05, 0.1) is 12.7 Å². The van der Waals surface area contributed by atoms with E-state index in [1.807, 2.05) is 7.05 Å². The van der Waals surface area contributed by atoms with Gasteiger partial charge >= 0.3 is 0 Å². The first-order chi connectivity index (χ1) is 7.17. The Kier molecular flexibility index (Phi) is 5.53. The van der Waals surface area contributed by atoms with E-state index < -0.39 is 6.10 Å². The van der Waals surface area contributed by atoms with Crippen LogP contribution in [0.5, 0.6) is 0 Å². The van der Waals surface area contributed by atoms with Crippen molar-refractivity contribution in [2.75, 3.05) is 33.3 Å². The number of likely N-dealkylation sites (tertiary alicyclic amines) is 1. The second-order valence-corrected chi connectivity index (χ2v) is 4.58. The van der Waals surface area contributed by atoms with Gasteiger partial charge in [-0.25, -0.2) is 0 Å². The van der Waals surface area contributed by atoms with E-state index in [2.05, 4.69) is 17.1 Å². The molecule has 0 aromatic heterocycles. The third kappa shape index (κ3) is 4.07. The summed E-state index contributed by atoms with van der Waals surface area (Å²) in [4.78, 5) is 2.25. The van der Waals surface area contributed by atoms with Crippen molar-refractivity contribution in [2.45, 2.75) is 31.9 Å². The van der Waals surface area contributed by atoms with Gasteiger partial charge in [0.25, 0.3) is 0 Å². The van der Waals surface area contributed by atoms with E-state index in [4.69, 9.17) is 5.11 Å². The number of nitrogens with zero attached hydrogens (tertiary/aromatic N) is 1. The Hall–Kier alpha value is -0.160. The van der Waals surface area contributed by atoms with Crippen LogP contribution in [0.1, 0.15) is 19.8 Å². The zero-order valence-corrected chi connectivity index (χ0v) is 9.82. The number of rotatable bonds is 5. The molecule has 1 saturated heterocycles. The van der Waals surface area contributed by atoms with Gasteiger partial charge in [0.2, 0.25) is 0 Å². The number of β-amino-alcohol motifs (C(OH)–C–C–N with tert-alkyl or cyclic N) is 1. The van der Waals surface area contributed by atoms with Gasteiger partial charge in [-0.15, -0.1) is 0 Å². The molecule has 0 spiro atoms. The van der Waals surface area contributed by atoms with Crippen molar-refractivity contribution < 1.29 is 10.2 Å². The molecular formula is C11H24N2O2. The van der Waals surface area contributed by atoms with E-state index >= 15 is 0 Å². The summed E-state index contributed by atoms with van der Waals surface area (Å²) < 4.78 is 0. The van der Waals surface area contributed by atoms with E-state index in [-0.39, 0.29) is 6.61 Å². The normalized spacial score (nSPS) is 27.6. The Morgan fingerprint density at radius 1 is 1.53 bits per heavy atom. The van der Waals surface area contributed by atoms with E-state index in [9.17, 15) is 5.11 Å². The predicted octanol–water partition coefficient (Wildman–Crippen LogP) is -0.341. The van der Waals surface area contributed by atoms with E-state index in [0.29, 0.717) is 18.5 Å². The molecule has 15 heavy (non-hydrogen) atoms. The van der Waals surface area contributed by atoms with Crippen molar-refractivity contribution in [3.8, 4) is 0 Å². The highest BCUT2D eigenvalue weighted by Gasteiger charge is 2.24. The lowest BCUT2D eigenvalue weighted by Crippen LogP contribution is -2.46. The highest BCUT2D eigenvalue weighted by atomic mass is 16.3. The summed E-state index contributed by atoms with van der Waals surface area (Å²) in [7, 11) is 1.99. The first-order valence-electron chi connectivity index (χ1n) is 5.86. The van der Waals surface area contributed by atoms with Gasteiger partial charge in [-0.3, -0.25) is 0 Å². The van der Waals surface area contributed by atoms with Gasteiger partial charge in [-0.2, -0.15) is 0 Å². The molecule has 3 N–H and O–H groups in total. The zero-order valence-electron chi connectivity index (χ0n) is 9.82. The molecule has 0 saturated carbocycles. The number of aliphatic hydroxyl groups is 2. The van der Waals surface area contributed by atoms with Crippen molar-refractivity contribution in [3.63, 3.8) is 0 Å². The summed E-state index contributed by atoms with van der Waals surface area (Å²) in [5.74, 6) is 0.662. The Morgan fingerprint density at radius 3 is 2.87 bits per heavy atom. The zero-order chi connectivity index (χ0) is 11.3. The lowest BCUT2D eigenvalue weighted by atomic mass is 9.91. The third-order valence-corrected chi connectivity index (χ3v) is 3.38. The highest BCUT2D eigenvalue weighted by Crippen LogP contribution is 2.19. The molecule has 1 heterocycles. The molecule has 90 valence electrons. The van der Waals surface area contributed by atoms with E-state index in [0.717, 1.165) is 13.1 Å². The summed E-state index contributed by atoms with van der Waals surface area (Å²) in [5, 5.41) is 21.5. The number of piperidine rings is 1. The van der Waals surface area contributed by atoms with Gasteiger partial charge in [0.15, 0.2) is 0 Å². The third-order valence-electron chi connectivity index (χ3n) is 3.38. The largest absolute Gasteiger partial charge is 0.394 e. The average molecular weight is 216 g/mol. The maximum Gasteiger partial charge on any atom is 0.0897 e. The SMILES string of the molecule is CNC(C)C1CCCN(CC(O)CO)C1. The molecule has 4 nitrogen and oxygen atoms in total. The molecule has 3 atom stereocenters. The van der Waals surface area contributed by atoms with Crippen LogP contribution in [-0.4, -0.2) is 60.5 Å². The van der Waals surface area contributed by atoms with E-state index in [1.165, 1.54) is 12.8 Å². The van der Waals surface area contributed by atoms with Crippen LogP contribution in [0, 0.1) is 5.92 Å². The Labute approximate surface area is 92.3 Å². The van der Waals surface area contributed by atoms with Gasteiger partial charge in [0, 0.05) is 19.1 Å². The molecule has 1 rings (SSSR count). The standard InChI is InChI=1S/C11H24N2O2/c1-9(12-2)10-4-3-5-13(6-10)7-11(15)8-14/h9-12,14-15H,3-8H2,1-2H3. The van der Waals surface area contributed by atoms with Crippen molar-refractivity contribution in [2.24, 2.45) is 5.92 Å². The lowest BCUT2D eigenvalue weighted by Gasteiger charge is -2.36. The number of hydrogen-bond acceptors (Lipinski definition) is 4. The molecule has 0 radical (unpaired) electrons. The molecule has 0 amide bonds. The van der Waals surface area contributed by atoms with Gasteiger partial charge in [0.1, 0.15) is 0 Å². The first kappa shape index (κ1) is 12.9. The minimum Gasteiger partial charge on any atom is -0.394 e. The topological polar surface area (TPSA) is 55.7 Å². The molecule has 0 aromatic rings. The van der Waals surface area contributed by atoms with Gasteiger partial charge < -0.3 is 20.4 Å². The second kappa shape index (κ2) is 6.43. The molecule has 4 heteroatoms. The number of hydrogen-bond donors (Lipinski definition) is 3. The number of nitrogens with one attached hydrogen (secondary N) is 1. The average Bonchev–Trinajstić information content (AvgIpc) is 2.28. The maximum absolute atomic E-state index is 9.38. The van der Waals surface area contributed by atoms with Crippen LogP contribution >= 0.6 is 0 Å². The molecule has 1 aliphatic rings. The first-order valence-corrected chi connectivity index (χ1v) is 5.86. The molecule has 0 aliphatic carbocycles. The van der Waals surface area contributed by atoms with Crippen LogP contribution in [0.2, 0.25) is 0 Å². The minimum atomic E-state index is -0.589. The highest BCUT2D eigenvalue weighted by molar-refractivity contribution is 4.80. The fourth-order valence-electron chi connectivity index (χ4n) is 2.26. The van der Waals surface area contributed by atoms with Crippen LogP contribution in [0.4, 0.5) is 0 Å². The summed E-state index contributed by atoms with van der Waals surface area (Å²) in [6.45, 7) is 4.74. The van der Waals surface area contributed by atoms with Crippen LogP contribution in [0.25, 0.3) is 0 Å². The molecule has 1 aliphatic heterocycles. The van der Waals surface area contributed by atoms with Crippen LogP contribution in [0.3, 0.4) is 0 Å². The second-order valence-electron chi connectivity index (χ2n) is 4.58. The smallest absolute Gasteiger partial charge is 0.0897 e. The molecule has 1 fully saturated rings. The summed E-state index contributed by atoms with van der Waals surface area (Å²) in [6, 6.07) is 0.527. The lowest BCUT2D eigenvalue weighted by molar-refractivity contribution is 0.0412. The van der Waals surface area contributed by atoms with Crippen molar-refractivity contribution in [1.82, 2.24) is 10.2 Å². The van der Waals surface area contributed by atoms with Crippen molar-refractivity contribution in [1.29, 1.82) is 0 Å².